The van der Waals surface area contributed by atoms with Crippen molar-refractivity contribution < 1.29 is 14.0 Å². The fourth-order valence-corrected chi connectivity index (χ4v) is 3.96. The Morgan fingerprint density at radius 1 is 1.00 bits per heavy atom. The minimum absolute atomic E-state index is 0.121. The van der Waals surface area contributed by atoms with Crippen LogP contribution in [0, 0.1) is 5.82 Å². The molecule has 0 saturated heterocycles. The first kappa shape index (κ1) is 24.0. The van der Waals surface area contributed by atoms with Gasteiger partial charge in [0.25, 0.3) is 0 Å². The molecule has 1 N–H and O–H groups in total. The van der Waals surface area contributed by atoms with Gasteiger partial charge in [0.05, 0.1) is 6.42 Å². The van der Waals surface area contributed by atoms with Crippen molar-refractivity contribution in [2.45, 2.75) is 25.4 Å². The van der Waals surface area contributed by atoms with Crippen molar-refractivity contribution in [3.63, 3.8) is 0 Å². The Kier molecular flexibility index (Phi) is 8.42. The SMILES string of the molecule is CNC(=O)[C@@H](Cc1ccccc1)N(Cc1ccc(Br)cc1)C(=O)Cc1c(F)cccc1Cl. The molecule has 2 amide bonds. The molecule has 0 heterocycles. The Morgan fingerprint density at radius 3 is 2.31 bits per heavy atom. The predicted octanol–water partition coefficient (Wildman–Crippen LogP) is 5.17. The van der Waals surface area contributed by atoms with Gasteiger partial charge in [-0.3, -0.25) is 9.59 Å². The van der Waals surface area contributed by atoms with Crippen LogP contribution in [0.2, 0.25) is 5.02 Å². The van der Waals surface area contributed by atoms with E-state index < -0.39 is 11.9 Å². The van der Waals surface area contributed by atoms with Crippen molar-refractivity contribution in [2.75, 3.05) is 7.05 Å². The maximum atomic E-state index is 14.4. The van der Waals surface area contributed by atoms with Crippen LogP contribution in [0.15, 0.2) is 77.3 Å². The second-order valence-electron chi connectivity index (χ2n) is 7.34. The predicted molar refractivity (Wildman–Crippen MR) is 128 cm³/mol. The van der Waals surface area contributed by atoms with Crippen molar-refractivity contribution in [1.29, 1.82) is 0 Å². The van der Waals surface area contributed by atoms with E-state index in [9.17, 15) is 14.0 Å². The number of hydrogen-bond donors (Lipinski definition) is 1. The van der Waals surface area contributed by atoms with Crippen LogP contribution in [0.3, 0.4) is 0 Å². The molecule has 0 fully saturated rings. The summed E-state index contributed by atoms with van der Waals surface area (Å²) in [6.45, 7) is 0.198. The molecular formula is C25H23BrClFN2O2. The van der Waals surface area contributed by atoms with E-state index in [-0.39, 0.29) is 35.4 Å². The van der Waals surface area contributed by atoms with Gasteiger partial charge in [-0.2, -0.15) is 0 Å². The molecule has 166 valence electrons. The molecule has 3 aromatic rings. The molecule has 3 rings (SSSR count). The standard InChI is InChI=1S/C25H23BrClFN2O2/c1-29-25(32)23(14-17-6-3-2-4-7-17)30(16-18-10-12-19(26)13-11-18)24(31)15-20-21(27)8-5-9-22(20)28/h2-13,23H,14-16H2,1H3,(H,29,32)/t23-/m1/s1. The average molecular weight is 518 g/mol. The largest absolute Gasteiger partial charge is 0.357 e. The summed E-state index contributed by atoms with van der Waals surface area (Å²) in [5.41, 5.74) is 1.89. The van der Waals surface area contributed by atoms with Gasteiger partial charge in [0.15, 0.2) is 0 Å². The lowest BCUT2D eigenvalue weighted by Crippen LogP contribution is -2.50. The number of halogens is 3. The summed E-state index contributed by atoms with van der Waals surface area (Å²) in [7, 11) is 1.54. The Labute approximate surface area is 200 Å². The smallest absolute Gasteiger partial charge is 0.242 e. The number of amides is 2. The van der Waals surface area contributed by atoms with E-state index in [0.29, 0.717) is 6.42 Å². The van der Waals surface area contributed by atoms with Crippen LogP contribution in [0.25, 0.3) is 0 Å². The van der Waals surface area contributed by atoms with E-state index in [1.165, 1.54) is 24.1 Å². The van der Waals surface area contributed by atoms with Gasteiger partial charge < -0.3 is 10.2 Å². The Morgan fingerprint density at radius 2 is 1.69 bits per heavy atom. The van der Waals surface area contributed by atoms with Gasteiger partial charge in [-0.05, 0) is 35.4 Å². The van der Waals surface area contributed by atoms with Crippen LogP contribution in [0.4, 0.5) is 4.39 Å². The van der Waals surface area contributed by atoms with Crippen molar-refractivity contribution in [2.24, 2.45) is 0 Å². The summed E-state index contributed by atoms with van der Waals surface area (Å²) in [6, 6.07) is 20.5. The van der Waals surface area contributed by atoms with E-state index in [1.807, 2.05) is 54.6 Å². The highest BCUT2D eigenvalue weighted by molar-refractivity contribution is 9.10. The quantitative estimate of drug-likeness (QED) is 0.448. The topological polar surface area (TPSA) is 49.4 Å². The molecule has 32 heavy (non-hydrogen) atoms. The highest BCUT2D eigenvalue weighted by Gasteiger charge is 2.30. The summed E-state index contributed by atoms with van der Waals surface area (Å²) in [5, 5.41) is 2.84. The number of nitrogens with zero attached hydrogens (tertiary/aromatic N) is 1. The van der Waals surface area contributed by atoms with E-state index in [0.717, 1.165) is 15.6 Å². The number of carbonyl (C=O) groups excluding carboxylic acids is 2. The Hall–Kier alpha value is -2.70. The molecule has 1 atom stereocenters. The molecule has 0 aliphatic carbocycles. The summed E-state index contributed by atoms with van der Waals surface area (Å²) in [6.07, 6.45) is 0.0815. The molecule has 0 radical (unpaired) electrons. The van der Waals surface area contributed by atoms with Gasteiger partial charge in [-0.1, -0.05) is 76.1 Å². The van der Waals surface area contributed by atoms with Crippen LogP contribution in [0.5, 0.6) is 0 Å². The summed E-state index contributed by atoms with van der Waals surface area (Å²) >= 11 is 9.57. The molecule has 0 aliphatic heterocycles. The fourth-order valence-electron chi connectivity index (χ4n) is 3.46. The third-order valence-electron chi connectivity index (χ3n) is 5.17. The Bertz CT molecular complexity index is 1060. The first-order valence-corrected chi connectivity index (χ1v) is 11.3. The molecule has 0 aliphatic rings. The van der Waals surface area contributed by atoms with Crippen LogP contribution in [-0.4, -0.2) is 29.8 Å². The highest BCUT2D eigenvalue weighted by atomic mass is 79.9. The van der Waals surface area contributed by atoms with Crippen LogP contribution in [0.1, 0.15) is 16.7 Å². The lowest BCUT2D eigenvalue weighted by atomic mass is 10.0. The first-order valence-electron chi connectivity index (χ1n) is 10.1. The van der Waals surface area contributed by atoms with Crippen LogP contribution >= 0.6 is 27.5 Å². The molecule has 3 aromatic carbocycles. The van der Waals surface area contributed by atoms with Crippen molar-refractivity contribution in [3.05, 3.63) is 105 Å². The number of rotatable bonds is 8. The van der Waals surface area contributed by atoms with Gasteiger partial charge in [-0.15, -0.1) is 0 Å². The highest BCUT2D eigenvalue weighted by Crippen LogP contribution is 2.23. The molecule has 0 unspecified atom stereocenters. The lowest BCUT2D eigenvalue weighted by Gasteiger charge is -2.31. The van der Waals surface area contributed by atoms with Crippen LogP contribution in [-0.2, 0) is 29.0 Å². The normalized spacial score (nSPS) is 11.6. The average Bonchev–Trinajstić information content (AvgIpc) is 2.80. The van der Waals surface area contributed by atoms with Gasteiger partial charge in [0.2, 0.25) is 11.8 Å². The van der Waals surface area contributed by atoms with Crippen molar-refractivity contribution in [1.82, 2.24) is 10.2 Å². The maximum Gasteiger partial charge on any atom is 0.242 e. The number of nitrogens with one attached hydrogen (secondary N) is 1. The lowest BCUT2D eigenvalue weighted by molar-refractivity contribution is -0.140. The first-order chi connectivity index (χ1) is 15.4. The van der Waals surface area contributed by atoms with Crippen molar-refractivity contribution >= 4 is 39.3 Å². The third kappa shape index (κ3) is 6.17. The van der Waals surface area contributed by atoms with E-state index in [1.54, 1.807) is 6.07 Å². The molecule has 0 spiro atoms. The molecule has 0 saturated carbocycles. The minimum Gasteiger partial charge on any atom is -0.357 e. The van der Waals surface area contributed by atoms with Crippen molar-refractivity contribution in [3.8, 4) is 0 Å². The van der Waals surface area contributed by atoms with Gasteiger partial charge in [0, 0.05) is 35.1 Å². The zero-order valence-corrected chi connectivity index (χ0v) is 19.9. The zero-order chi connectivity index (χ0) is 23.1. The summed E-state index contributed by atoms with van der Waals surface area (Å²) < 4.78 is 15.3. The second kappa shape index (κ2) is 11.2. The molecule has 4 nitrogen and oxygen atoms in total. The maximum absolute atomic E-state index is 14.4. The summed E-state index contributed by atoms with van der Waals surface area (Å²) in [5.74, 6) is -1.22. The van der Waals surface area contributed by atoms with E-state index in [2.05, 4.69) is 21.2 Å². The number of likely N-dealkylation sites (N-methyl/N-ethyl adjacent to an activating group) is 1. The molecular weight excluding hydrogens is 495 g/mol. The van der Waals surface area contributed by atoms with Crippen LogP contribution < -0.4 is 5.32 Å². The Balaban J connectivity index is 1.97. The summed E-state index contributed by atoms with van der Waals surface area (Å²) in [4.78, 5) is 27.8. The zero-order valence-electron chi connectivity index (χ0n) is 17.5. The van der Waals surface area contributed by atoms with E-state index >= 15 is 0 Å². The monoisotopic (exact) mass is 516 g/mol. The van der Waals surface area contributed by atoms with Gasteiger partial charge in [-0.25, -0.2) is 4.39 Å². The molecule has 7 heteroatoms. The second-order valence-corrected chi connectivity index (χ2v) is 8.67. The number of benzene rings is 3. The molecule has 0 aromatic heterocycles. The fraction of sp³-hybridized carbons (Fsp3) is 0.200. The number of hydrogen-bond acceptors (Lipinski definition) is 2. The minimum atomic E-state index is -0.774. The third-order valence-corrected chi connectivity index (χ3v) is 6.06. The number of carbonyl (C=O) groups is 2. The molecule has 0 bridgehead atoms. The van der Waals surface area contributed by atoms with Gasteiger partial charge in [0.1, 0.15) is 11.9 Å². The van der Waals surface area contributed by atoms with E-state index in [4.69, 9.17) is 11.6 Å². The van der Waals surface area contributed by atoms with Gasteiger partial charge >= 0.3 is 0 Å².